The van der Waals surface area contributed by atoms with Gasteiger partial charge >= 0.3 is 7.32 Å². The van der Waals surface area contributed by atoms with Crippen LogP contribution in [-0.2, 0) is 14.0 Å². The average Bonchev–Trinajstić information content (AvgIpc) is 2.46. The molecule has 0 saturated carbocycles. The molecule has 1 saturated heterocycles. The largest absolute Gasteiger partial charge is 0.639 e. The lowest BCUT2D eigenvalue weighted by atomic mass is 9.80. The van der Waals surface area contributed by atoms with Crippen LogP contribution in [0.4, 0.5) is 0 Å². The molecule has 0 spiro atoms. The summed E-state index contributed by atoms with van der Waals surface area (Å²) in [7, 11) is -0.530. The maximum Gasteiger partial charge on any atom is 0.639 e. The molecular formula is C13H28BNO4. The Balaban J connectivity index is 2.16. The van der Waals surface area contributed by atoms with Crippen LogP contribution in [0.3, 0.4) is 0 Å². The van der Waals surface area contributed by atoms with Crippen molar-refractivity contribution in [1.29, 1.82) is 0 Å². The van der Waals surface area contributed by atoms with Gasteiger partial charge in [-0.3, -0.25) is 0 Å². The number of hydrogen-bond donors (Lipinski definition) is 2. The van der Waals surface area contributed by atoms with Gasteiger partial charge in [0.25, 0.3) is 0 Å². The van der Waals surface area contributed by atoms with Crippen molar-refractivity contribution in [3.8, 4) is 0 Å². The quantitative estimate of drug-likeness (QED) is 0.462. The Morgan fingerprint density at radius 2 is 2.00 bits per heavy atom. The molecule has 0 amide bonds. The van der Waals surface area contributed by atoms with E-state index in [0.29, 0.717) is 19.7 Å². The molecule has 0 aliphatic carbocycles. The summed E-state index contributed by atoms with van der Waals surface area (Å²) < 4.78 is 16.8. The fourth-order valence-electron chi connectivity index (χ4n) is 2.18. The van der Waals surface area contributed by atoms with Crippen LogP contribution in [0.5, 0.6) is 0 Å². The molecule has 19 heavy (non-hydrogen) atoms. The van der Waals surface area contributed by atoms with Crippen LogP contribution in [0.25, 0.3) is 0 Å². The van der Waals surface area contributed by atoms with E-state index in [4.69, 9.17) is 19.1 Å². The molecule has 1 fully saturated rings. The van der Waals surface area contributed by atoms with E-state index in [2.05, 4.69) is 19.2 Å². The van der Waals surface area contributed by atoms with Crippen LogP contribution in [0.1, 0.15) is 39.5 Å². The maximum absolute atomic E-state index is 8.62. The van der Waals surface area contributed by atoms with Crippen molar-refractivity contribution in [2.75, 3.05) is 39.5 Å². The second-order valence-electron chi connectivity index (χ2n) is 5.21. The van der Waals surface area contributed by atoms with Gasteiger partial charge in [0.05, 0.1) is 6.61 Å². The highest BCUT2D eigenvalue weighted by Gasteiger charge is 2.38. The van der Waals surface area contributed by atoms with E-state index >= 15 is 0 Å². The summed E-state index contributed by atoms with van der Waals surface area (Å²) >= 11 is 0. The summed E-state index contributed by atoms with van der Waals surface area (Å²) in [5.41, 5.74) is 0.172. The lowest BCUT2D eigenvalue weighted by Gasteiger charge is -2.38. The van der Waals surface area contributed by atoms with E-state index in [-0.39, 0.29) is 12.0 Å². The molecule has 0 bridgehead atoms. The van der Waals surface area contributed by atoms with Crippen molar-refractivity contribution in [2.45, 2.75) is 39.5 Å². The van der Waals surface area contributed by atoms with Crippen molar-refractivity contribution in [3.05, 3.63) is 0 Å². The summed E-state index contributed by atoms with van der Waals surface area (Å²) in [4.78, 5) is 0. The molecule has 112 valence electrons. The van der Waals surface area contributed by atoms with Crippen LogP contribution in [0.2, 0.25) is 0 Å². The minimum Gasteiger partial charge on any atom is -0.395 e. The van der Waals surface area contributed by atoms with Crippen LogP contribution in [0, 0.1) is 5.41 Å². The third-order valence-corrected chi connectivity index (χ3v) is 3.68. The van der Waals surface area contributed by atoms with Gasteiger partial charge in [-0.15, -0.1) is 0 Å². The van der Waals surface area contributed by atoms with Gasteiger partial charge in [0.15, 0.2) is 0 Å². The van der Waals surface area contributed by atoms with Gasteiger partial charge in [-0.2, -0.15) is 0 Å². The Labute approximate surface area is 117 Å². The van der Waals surface area contributed by atoms with Gasteiger partial charge in [-0.25, -0.2) is 0 Å². The Morgan fingerprint density at radius 1 is 1.26 bits per heavy atom. The van der Waals surface area contributed by atoms with E-state index in [1.807, 2.05) is 0 Å². The highest BCUT2D eigenvalue weighted by atomic mass is 16.7. The zero-order chi connectivity index (χ0) is 14.0. The minimum absolute atomic E-state index is 0.146. The molecule has 1 aliphatic heterocycles. The topological polar surface area (TPSA) is 60.0 Å². The standard InChI is InChI=1S/C13H28BNO4/c1-3-5-6-13(4-2)11-18-14(19-12-13)17-10-8-15-7-9-16/h15-16H,3-12H2,1-2H3. The van der Waals surface area contributed by atoms with Crippen molar-refractivity contribution in [1.82, 2.24) is 5.32 Å². The molecule has 2 N–H and O–H groups in total. The average molecular weight is 273 g/mol. The zero-order valence-electron chi connectivity index (χ0n) is 12.3. The van der Waals surface area contributed by atoms with E-state index in [1.165, 1.54) is 12.8 Å². The SMILES string of the molecule is CCCCC1(CC)COB(OCCNCCO)OC1. The van der Waals surface area contributed by atoms with E-state index in [9.17, 15) is 0 Å². The van der Waals surface area contributed by atoms with Crippen LogP contribution in [-0.4, -0.2) is 51.9 Å². The first kappa shape index (κ1) is 16.9. The fraction of sp³-hybridized carbons (Fsp3) is 1.00. The van der Waals surface area contributed by atoms with E-state index < -0.39 is 7.32 Å². The van der Waals surface area contributed by atoms with Crippen LogP contribution >= 0.6 is 0 Å². The number of rotatable bonds is 10. The van der Waals surface area contributed by atoms with Crippen molar-refractivity contribution < 1.29 is 19.1 Å². The van der Waals surface area contributed by atoms with Gasteiger partial charge in [0, 0.05) is 38.3 Å². The number of unbranched alkanes of at least 4 members (excludes halogenated alkanes) is 1. The first-order valence-electron chi connectivity index (χ1n) is 7.42. The minimum atomic E-state index is -0.530. The molecule has 6 heteroatoms. The number of aliphatic hydroxyl groups is 1. The fourth-order valence-corrected chi connectivity index (χ4v) is 2.18. The van der Waals surface area contributed by atoms with Crippen molar-refractivity contribution in [3.63, 3.8) is 0 Å². The summed E-state index contributed by atoms with van der Waals surface area (Å²) in [6, 6.07) is 0. The predicted octanol–water partition coefficient (Wildman–Crippen LogP) is 1.20. The summed E-state index contributed by atoms with van der Waals surface area (Å²) in [5.74, 6) is 0. The van der Waals surface area contributed by atoms with Gasteiger partial charge in [0.2, 0.25) is 0 Å². The molecule has 5 nitrogen and oxygen atoms in total. The maximum atomic E-state index is 8.62. The number of aliphatic hydroxyl groups excluding tert-OH is 1. The Kier molecular flexibility index (Phi) is 8.65. The van der Waals surface area contributed by atoms with Crippen molar-refractivity contribution in [2.24, 2.45) is 5.41 Å². The van der Waals surface area contributed by atoms with E-state index in [1.54, 1.807) is 0 Å². The Morgan fingerprint density at radius 3 is 2.58 bits per heavy atom. The first-order chi connectivity index (χ1) is 9.26. The number of nitrogens with one attached hydrogen (secondary N) is 1. The van der Waals surface area contributed by atoms with E-state index in [0.717, 1.165) is 26.1 Å². The summed E-state index contributed by atoms with van der Waals surface area (Å²) in [6.07, 6.45) is 4.66. The Bertz CT molecular complexity index is 223. The predicted molar refractivity (Wildman–Crippen MR) is 75.8 cm³/mol. The molecular weight excluding hydrogens is 245 g/mol. The highest BCUT2D eigenvalue weighted by Crippen LogP contribution is 2.33. The van der Waals surface area contributed by atoms with Crippen molar-refractivity contribution >= 4 is 7.32 Å². The first-order valence-corrected chi connectivity index (χ1v) is 7.42. The van der Waals surface area contributed by atoms with Crippen LogP contribution < -0.4 is 5.32 Å². The monoisotopic (exact) mass is 273 g/mol. The molecule has 1 aliphatic rings. The summed E-state index contributed by atoms with van der Waals surface area (Å²) in [6.45, 7) is 7.80. The molecule has 1 rings (SSSR count). The second kappa shape index (κ2) is 9.72. The van der Waals surface area contributed by atoms with Gasteiger partial charge in [0.1, 0.15) is 0 Å². The molecule has 0 radical (unpaired) electrons. The number of hydrogen-bond acceptors (Lipinski definition) is 5. The lowest BCUT2D eigenvalue weighted by Crippen LogP contribution is -2.45. The molecule has 0 aromatic rings. The summed E-state index contributed by atoms with van der Waals surface area (Å²) in [5, 5.41) is 11.7. The highest BCUT2D eigenvalue weighted by molar-refractivity contribution is 6.36. The lowest BCUT2D eigenvalue weighted by molar-refractivity contribution is -0.0426. The molecule has 0 aromatic heterocycles. The normalized spacial score (nSPS) is 18.8. The smallest absolute Gasteiger partial charge is 0.395 e. The molecule has 1 heterocycles. The van der Waals surface area contributed by atoms with Gasteiger partial charge in [-0.1, -0.05) is 26.7 Å². The third-order valence-electron chi connectivity index (χ3n) is 3.68. The molecule has 0 aromatic carbocycles. The van der Waals surface area contributed by atoms with Gasteiger partial charge < -0.3 is 24.4 Å². The second-order valence-corrected chi connectivity index (χ2v) is 5.21. The van der Waals surface area contributed by atoms with Crippen LogP contribution in [0.15, 0.2) is 0 Å². The van der Waals surface area contributed by atoms with Gasteiger partial charge in [-0.05, 0) is 12.8 Å². The molecule has 0 unspecified atom stereocenters. The zero-order valence-corrected chi connectivity index (χ0v) is 12.3. The third kappa shape index (κ3) is 6.23. The Hall–Kier alpha value is -0.135. The molecule has 0 atom stereocenters.